The average molecular weight is 285 g/mol. The van der Waals surface area contributed by atoms with Crippen LogP contribution in [-0.2, 0) is 4.79 Å². The van der Waals surface area contributed by atoms with Gasteiger partial charge in [0.2, 0.25) is 5.91 Å². The van der Waals surface area contributed by atoms with Gasteiger partial charge >= 0.3 is 0 Å². The molecule has 108 valence electrons. The number of carbonyl (C=O) groups is 2. The molecule has 2 amide bonds. The van der Waals surface area contributed by atoms with Crippen LogP contribution >= 0.6 is 0 Å². The molecule has 21 heavy (non-hydrogen) atoms. The molecule has 6 nitrogen and oxygen atoms in total. The summed E-state index contributed by atoms with van der Waals surface area (Å²) in [6.07, 6.45) is 0.270. The molecule has 1 aromatic carbocycles. The summed E-state index contributed by atoms with van der Waals surface area (Å²) in [6.45, 7) is 2.04. The molecule has 0 spiro atoms. The normalized spacial score (nSPS) is 17.8. The second-order valence-corrected chi connectivity index (χ2v) is 5.18. The molecule has 0 bridgehead atoms. The molecule has 2 aromatic rings. The second-order valence-electron chi connectivity index (χ2n) is 5.18. The van der Waals surface area contributed by atoms with Crippen LogP contribution < -0.4 is 16.2 Å². The molecular weight excluding hydrogens is 270 g/mol. The predicted molar refractivity (Wildman–Crippen MR) is 78.2 cm³/mol. The molecular formula is C15H15N3O3. The molecule has 0 saturated carbocycles. The monoisotopic (exact) mass is 285 g/mol. The van der Waals surface area contributed by atoms with E-state index in [1.165, 1.54) is 0 Å². The fourth-order valence-electron chi connectivity index (χ4n) is 2.60. The number of fused-ring (bicyclic) bond motifs is 1. The lowest BCUT2D eigenvalue weighted by molar-refractivity contribution is -0.119. The van der Waals surface area contributed by atoms with Crippen molar-refractivity contribution in [3.05, 3.63) is 45.7 Å². The van der Waals surface area contributed by atoms with Gasteiger partial charge in [0, 0.05) is 29.4 Å². The molecule has 0 aliphatic carbocycles. The molecule has 1 aliphatic heterocycles. The quantitative estimate of drug-likeness (QED) is 0.748. The SMILES string of the molecule is Cc1c(C(=O)NC2CNC(=O)C2)c2ccccc2[nH]c1=O. The molecule has 0 radical (unpaired) electrons. The van der Waals surface area contributed by atoms with Crippen LogP contribution in [0.1, 0.15) is 22.3 Å². The number of hydrogen-bond acceptors (Lipinski definition) is 3. The van der Waals surface area contributed by atoms with Crippen molar-refractivity contribution < 1.29 is 9.59 Å². The number of benzene rings is 1. The Morgan fingerprint density at radius 3 is 2.76 bits per heavy atom. The number of hydrogen-bond donors (Lipinski definition) is 3. The maximum Gasteiger partial charge on any atom is 0.252 e. The highest BCUT2D eigenvalue weighted by atomic mass is 16.2. The lowest BCUT2D eigenvalue weighted by Crippen LogP contribution is -2.37. The van der Waals surface area contributed by atoms with Crippen LogP contribution in [0.25, 0.3) is 10.9 Å². The minimum absolute atomic E-state index is 0.0761. The minimum Gasteiger partial charge on any atom is -0.354 e. The first-order chi connectivity index (χ1) is 10.1. The molecule has 6 heteroatoms. The van der Waals surface area contributed by atoms with Crippen LogP contribution in [0, 0.1) is 6.92 Å². The van der Waals surface area contributed by atoms with Gasteiger partial charge in [-0.05, 0) is 13.0 Å². The Morgan fingerprint density at radius 2 is 2.05 bits per heavy atom. The summed E-state index contributed by atoms with van der Waals surface area (Å²) in [7, 11) is 0. The summed E-state index contributed by atoms with van der Waals surface area (Å²) in [5.74, 6) is -0.399. The van der Waals surface area contributed by atoms with Crippen molar-refractivity contribution in [3.8, 4) is 0 Å². The standard InChI is InChI=1S/C15H15N3O3/c1-8-13(15(21)17-9-6-12(19)16-7-9)10-4-2-3-5-11(10)18-14(8)20/h2-5,9H,6-7H2,1H3,(H,16,19)(H,17,21)(H,18,20). The molecule has 1 unspecified atom stereocenters. The summed E-state index contributed by atoms with van der Waals surface area (Å²) >= 11 is 0. The highest BCUT2D eigenvalue weighted by Gasteiger charge is 2.25. The summed E-state index contributed by atoms with van der Waals surface area (Å²) < 4.78 is 0. The first kappa shape index (κ1) is 13.4. The number of aromatic nitrogens is 1. The van der Waals surface area contributed by atoms with Crippen LogP contribution in [0.4, 0.5) is 0 Å². The fourth-order valence-corrected chi connectivity index (χ4v) is 2.60. The van der Waals surface area contributed by atoms with E-state index in [1.54, 1.807) is 25.1 Å². The van der Waals surface area contributed by atoms with E-state index in [0.29, 0.717) is 28.6 Å². The summed E-state index contributed by atoms with van der Waals surface area (Å²) in [6, 6.07) is 6.94. The largest absolute Gasteiger partial charge is 0.354 e. The lowest BCUT2D eigenvalue weighted by Gasteiger charge is -2.13. The first-order valence-corrected chi connectivity index (χ1v) is 6.75. The van der Waals surface area contributed by atoms with Gasteiger partial charge in [0.05, 0.1) is 11.6 Å². The van der Waals surface area contributed by atoms with E-state index in [4.69, 9.17) is 0 Å². The van der Waals surface area contributed by atoms with Gasteiger partial charge in [-0.25, -0.2) is 0 Å². The molecule has 3 rings (SSSR count). The van der Waals surface area contributed by atoms with Gasteiger partial charge in [0.25, 0.3) is 11.5 Å². The van der Waals surface area contributed by atoms with Crippen LogP contribution in [0.3, 0.4) is 0 Å². The number of rotatable bonds is 2. The Hall–Kier alpha value is -2.63. The Labute approximate surface area is 120 Å². The Kier molecular flexibility index (Phi) is 3.21. The Morgan fingerprint density at radius 1 is 1.29 bits per heavy atom. The zero-order valence-corrected chi connectivity index (χ0v) is 11.5. The average Bonchev–Trinajstić information content (AvgIpc) is 2.85. The minimum atomic E-state index is -0.323. The van der Waals surface area contributed by atoms with Crippen molar-refractivity contribution in [2.24, 2.45) is 0 Å². The van der Waals surface area contributed by atoms with Crippen LogP contribution in [0.5, 0.6) is 0 Å². The molecule has 3 N–H and O–H groups in total. The van der Waals surface area contributed by atoms with E-state index in [9.17, 15) is 14.4 Å². The maximum absolute atomic E-state index is 12.5. The fraction of sp³-hybridized carbons (Fsp3) is 0.267. The third-order valence-electron chi connectivity index (χ3n) is 3.70. The van der Waals surface area contributed by atoms with E-state index in [2.05, 4.69) is 15.6 Å². The summed E-state index contributed by atoms with van der Waals surface area (Å²) in [5.41, 5.74) is 1.09. The Bertz CT molecular complexity index is 794. The van der Waals surface area contributed by atoms with Crippen molar-refractivity contribution in [1.29, 1.82) is 0 Å². The van der Waals surface area contributed by atoms with Crippen molar-refractivity contribution in [1.82, 2.24) is 15.6 Å². The van der Waals surface area contributed by atoms with Crippen molar-refractivity contribution in [2.75, 3.05) is 6.54 Å². The zero-order chi connectivity index (χ0) is 15.0. The highest BCUT2D eigenvalue weighted by molar-refractivity contribution is 6.07. The van der Waals surface area contributed by atoms with Gasteiger partial charge in [-0.15, -0.1) is 0 Å². The molecule has 1 aliphatic rings. The van der Waals surface area contributed by atoms with Gasteiger partial charge in [-0.1, -0.05) is 18.2 Å². The second kappa shape index (κ2) is 5.05. The highest BCUT2D eigenvalue weighted by Crippen LogP contribution is 2.18. The molecule has 1 atom stereocenters. The zero-order valence-electron chi connectivity index (χ0n) is 11.5. The van der Waals surface area contributed by atoms with Gasteiger partial charge in [0.1, 0.15) is 0 Å². The number of amides is 2. The number of para-hydroxylation sites is 1. The summed E-state index contributed by atoms with van der Waals surface area (Å²) in [4.78, 5) is 38.4. The molecule has 1 fully saturated rings. The third-order valence-corrected chi connectivity index (χ3v) is 3.70. The van der Waals surface area contributed by atoms with Gasteiger partial charge in [-0.3, -0.25) is 14.4 Å². The summed E-state index contributed by atoms with van der Waals surface area (Å²) in [5, 5.41) is 6.18. The van der Waals surface area contributed by atoms with Crippen LogP contribution in [-0.4, -0.2) is 29.4 Å². The third kappa shape index (κ3) is 2.40. The van der Waals surface area contributed by atoms with Crippen molar-refractivity contribution in [3.63, 3.8) is 0 Å². The van der Waals surface area contributed by atoms with Crippen molar-refractivity contribution >= 4 is 22.7 Å². The number of H-pyrrole nitrogens is 1. The van der Waals surface area contributed by atoms with E-state index in [-0.39, 0.29) is 29.8 Å². The number of pyridine rings is 1. The van der Waals surface area contributed by atoms with Crippen LogP contribution in [0.15, 0.2) is 29.1 Å². The topological polar surface area (TPSA) is 91.1 Å². The Balaban J connectivity index is 2.02. The molecule has 1 saturated heterocycles. The maximum atomic E-state index is 12.5. The van der Waals surface area contributed by atoms with E-state index >= 15 is 0 Å². The van der Waals surface area contributed by atoms with E-state index in [1.807, 2.05) is 6.07 Å². The predicted octanol–water partition coefficient (Wildman–Crippen LogP) is 0.455. The smallest absolute Gasteiger partial charge is 0.252 e. The molecule has 2 heterocycles. The first-order valence-electron chi connectivity index (χ1n) is 6.75. The van der Waals surface area contributed by atoms with Gasteiger partial charge in [-0.2, -0.15) is 0 Å². The van der Waals surface area contributed by atoms with Gasteiger partial charge in [0.15, 0.2) is 0 Å². The van der Waals surface area contributed by atoms with E-state index in [0.717, 1.165) is 0 Å². The number of nitrogens with one attached hydrogen (secondary N) is 3. The number of carbonyl (C=O) groups excluding carboxylic acids is 2. The number of aromatic amines is 1. The molecule has 1 aromatic heterocycles. The van der Waals surface area contributed by atoms with Crippen molar-refractivity contribution in [2.45, 2.75) is 19.4 Å². The van der Waals surface area contributed by atoms with E-state index < -0.39 is 0 Å². The lowest BCUT2D eigenvalue weighted by atomic mass is 10.0. The van der Waals surface area contributed by atoms with Gasteiger partial charge < -0.3 is 15.6 Å². The van der Waals surface area contributed by atoms with Crippen LogP contribution in [0.2, 0.25) is 0 Å².